The largest absolute Gasteiger partial charge is 0.261 e. The van der Waals surface area contributed by atoms with E-state index in [9.17, 15) is 8.42 Å². The van der Waals surface area contributed by atoms with E-state index in [0.29, 0.717) is 5.92 Å². The second-order valence-electron chi connectivity index (χ2n) is 6.83. The van der Waals surface area contributed by atoms with E-state index in [1.807, 2.05) is 12.1 Å². The average Bonchev–Trinajstić information content (AvgIpc) is 2.50. The first-order chi connectivity index (χ1) is 11.2. The van der Waals surface area contributed by atoms with E-state index < -0.39 is 9.05 Å². The molecule has 2 nitrogen and oxygen atoms in total. The Balaban J connectivity index is 2.61. The van der Waals surface area contributed by atoms with Crippen molar-refractivity contribution in [2.75, 3.05) is 0 Å². The van der Waals surface area contributed by atoms with Crippen molar-refractivity contribution < 1.29 is 8.42 Å². The monoisotopic (exact) mass is 360 g/mol. The van der Waals surface area contributed by atoms with Crippen molar-refractivity contribution in [2.24, 2.45) is 0 Å². The molecule has 0 atom stereocenters. The van der Waals surface area contributed by atoms with Gasteiger partial charge in [0.25, 0.3) is 9.05 Å². The highest BCUT2D eigenvalue weighted by atomic mass is 35.7. The van der Waals surface area contributed by atoms with Crippen molar-refractivity contribution in [3.8, 4) is 0 Å². The minimum absolute atomic E-state index is 0.156. The smallest absolute Gasteiger partial charge is 0.207 e. The van der Waals surface area contributed by atoms with Gasteiger partial charge in [-0.25, -0.2) is 8.42 Å². The average molecular weight is 361 g/mol. The summed E-state index contributed by atoms with van der Waals surface area (Å²) in [4.78, 5) is 0.156. The summed E-state index contributed by atoms with van der Waals surface area (Å²) in [7, 11) is 1.83. The van der Waals surface area contributed by atoms with Crippen molar-refractivity contribution in [1.82, 2.24) is 0 Å². The third-order valence-corrected chi connectivity index (χ3v) is 5.87. The van der Waals surface area contributed by atoms with Gasteiger partial charge >= 0.3 is 0 Å². The van der Waals surface area contributed by atoms with Gasteiger partial charge in [0, 0.05) is 10.7 Å². The lowest BCUT2D eigenvalue weighted by atomic mass is 9.84. The van der Waals surface area contributed by atoms with E-state index >= 15 is 0 Å². The Kier molecular flexibility index (Phi) is 4.35. The second-order valence-corrected chi connectivity index (χ2v) is 9.39. The highest BCUT2D eigenvalue weighted by molar-refractivity contribution is 8.13. The van der Waals surface area contributed by atoms with Gasteiger partial charge in [-0.1, -0.05) is 58.0 Å². The van der Waals surface area contributed by atoms with Gasteiger partial charge in [-0.05, 0) is 56.6 Å². The lowest BCUT2D eigenvalue weighted by Gasteiger charge is -2.21. The van der Waals surface area contributed by atoms with Gasteiger partial charge in [0.05, 0.1) is 4.90 Å². The number of halogens is 1. The summed E-state index contributed by atoms with van der Waals surface area (Å²) in [6.07, 6.45) is 0. The molecule has 0 unspecified atom stereocenters. The number of benzene rings is 3. The summed E-state index contributed by atoms with van der Waals surface area (Å²) < 4.78 is 23.6. The Morgan fingerprint density at radius 1 is 0.750 bits per heavy atom. The first-order valence-electron chi connectivity index (χ1n) is 8.14. The molecule has 0 aliphatic rings. The fourth-order valence-corrected chi connectivity index (χ4v) is 4.40. The van der Waals surface area contributed by atoms with Gasteiger partial charge in [0.15, 0.2) is 0 Å². The fraction of sp³-hybridized carbons (Fsp3) is 0.300. The maximum absolute atomic E-state index is 11.8. The predicted octanol–water partition coefficient (Wildman–Crippen LogP) is 6.17. The number of fused-ring (bicyclic) bond motifs is 2. The van der Waals surface area contributed by atoms with Crippen LogP contribution in [0.1, 0.15) is 50.7 Å². The van der Waals surface area contributed by atoms with Crippen LogP contribution in [-0.4, -0.2) is 8.42 Å². The Bertz CT molecular complexity index is 1030. The molecule has 0 bridgehead atoms. The highest BCUT2D eigenvalue weighted by Gasteiger charge is 2.19. The third kappa shape index (κ3) is 2.80. The summed E-state index contributed by atoms with van der Waals surface area (Å²) >= 11 is 0. The molecule has 3 rings (SSSR count). The van der Waals surface area contributed by atoms with Crippen molar-refractivity contribution in [3.05, 3.63) is 53.6 Å². The molecule has 0 radical (unpaired) electrons. The van der Waals surface area contributed by atoms with Crippen LogP contribution in [0.4, 0.5) is 0 Å². The molecular formula is C20H21ClO2S. The highest BCUT2D eigenvalue weighted by Crippen LogP contribution is 2.40. The van der Waals surface area contributed by atoms with Gasteiger partial charge in [0.2, 0.25) is 0 Å². The van der Waals surface area contributed by atoms with Crippen LogP contribution in [-0.2, 0) is 9.05 Å². The van der Waals surface area contributed by atoms with Crippen molar-refractivity contribution in [1.29, 1.82) is 0 Å². The Hall–Kier alpha value is -1.58. The lowest BCUT2D eigenvalue weighted by Crippen LogP contribution is -2.00. The molecule has 3 aromatic carbocycles. The Morgan fingerprint density at radius 3 is 1.67 bits per heavy atom. The zero-order valence-electron chi connectivity index (χ0n) is 14.3. The topological polar surface area (TPSA) is 34.1 Å². The summed E-state index contributed by atoms with van der Waals surface area (Å²) in [5.74, 6) is 0.601. The molecule has 0 aromatic heterocycles. The van der Waals surface area contributed by atoms with Crippen LogP contribution < -0.4 is 0 Å². The normalized spacial score (nSPS) is 12.6. The molecular weight excluding hydrogens is 340 g/mol. The lowest BCUT2D eigenvalue weighted by molar-refractivity contribution is 0.609. The maximum atomic E-state index is 11.8. The van der Waals surface area contributed by atoms with Crippen LogP contribution >= 0.6 is 10.7 Å². The molecule has 4 heteroatoms. The molecule has 24 heavy (non-hydrogen) atoms. The van der Waals surface area contributed by atoms with Crippen LogP contribution in [0.3, 0.4) is 0 Å². The van der Waals surface area contributed by atoms with Crippen molar-refractivity contribution in [3.63, 3.8) is 0 Å². The SMILES string of the molecule is CC(C)c1c2ccccc2c(C(C)C)c2cc(S(=O)(=O)Cl)ccc12. The Labute approximate surface area is 147 Å². The minimum atomic E-state index is -3.75. The molecule has 126 valence electrons. The van der Waals surface area contributed by atoms with Gasteiger partial charge < -0.3 is 0 Å². The molecule has 0 amide bonds. The zero-order chi connectivity index (χ0) is 17.6. The minimum Gasteiger partial charge on any atom is -0.207 e. The molecule has 3 aromatic rings. The molecule has 0 saturated carbocycles. The maximum Gasteiger partial charge on any atom is 0.261 e. The summed E-state index contributed by atoms with van der Waals surface area (Å²) in [6.45, 7) is 8.61. The van der Waals surface area contributed by atoms with E-state index in [1.165, 1.54) is 21.9 Å². The predicted molar refractivity (Wildman–Crippen MR) is 103 cm³/mol. The number of hydrogen-bond donors (Lipinski definition) is 0. The molecule has 0 spiro atoms. The second kappa shape index (κ2) is 6.05. The van der Waals surface area contributed by atoms with Crippen LogP contribution in [0.25, 0.3) is 21.5 Å². The standard InChI is InChI=1S/C20H21ClO2S/c1-12(2)19-15-7-5-6-8-16(15)20(13(3)4)18-11-14(24(21,22)23)9-10-17(18)19/h5-13H,1-4H3. The summed E-state index contributed by atoms with van der Waals surface area (Å²) in [6, 6.07) is 13.6. The van der Waals surface area contributed by atoms with Crippen molar-refractivity contribution >= 4 is 41.3 Å². The number of rotatable bonds is 3. The van der Waals surface area contributed by atoms with Gasteiger partial charge in [0.1, 0.15) is 0 Å². The fourth-order valence-electron chi connectivity index (χ4n) is 3.62. The molecule has 0 saturated heterocycles. The molecule has 0 aliphatic carbocycles. The summed E-state index contributed by atoms with van der Waals surface area (Å²) in [5.41, 5.74) is 2.43. The first-order valence-corrected chi connectivity index (χ1v) is 10.5. The zero-order valence-corrected chi connectivity index (χ0v) is 15.9. The Morgan fingerprint density at radius 2 is 1.21 bits per heavy atom. The van der Waals surface area contributed by atoms with Crippen LogP contribution in [0.5, 0.6) is 0 Å². The quantitative estimate of drug-likeness (QED) is 0.413. The van der Waals surface area contributed by atoms with Crippen LogP contribution in [0.2, 0.25) is 0 Å². The van der Waals surface area contributed by atoms with Crippen LogP contribution in [0.15, 0.2) is 47.4 Å². The number of hydrogen-bond acceptors (Lipinski definition) is 2. The van der Waals surface area contributed by atoms with Gasteiger partial charge in [-0.15, -0.1) is 0 Å². The molecule has 0 N–H and O–H groups in total. The first kappa shape index (κ1) is 17.2. The van der Waals surface area contributed by atoms with E-state index in [4.69, 9.17) is 10.7 Å². The van der Waals surface area contributed by atoms with Gasteiger partial charge in [-0.3, -0.25) is 0 Å². The van der Waals surface area contributed by atoms with E-state index in [1.54, 1.807) is 12.1 Å². The third-order valence-electron chi connectivity index (χ3n) is 4.52. The molecule has 0 fully saturated rings. The summed E-state index contributed by atoms with van der Waals surface area (Å²) in [5, 5.41) is 4.52. The van der Waals surface area contributed by atoms with E-state index in [0.717, 1.165) is 10.8 Å². The molecule has 0 aliphatic heterocycles. The van der Waals surface area contributed by atoms with E-state index in [2.05, 4.69) is 45.9 Å². The van der Waals surface area contributed by atoms with Crippen LogP contribution in [0, 0.1) is 0 Å². The molecule has 0 heterocycles. The van der Waals surface area contributed by atoms with E-state index in [-0.39, 0.29) is 10.8 Å². The van der Waals surface area contributed by atoms with Crippen molar-refractivity contribution in [2.45, 2.75) is 44.4 Å². The van der Waals surface area contributed by atoms with Gasteiger partial charge in [-0.2, -0.15) is 0 Å².